The summed E-state index contributed by atoms with van der Waals surface area (Å²) in [5, 5.41) is 29.6. The van der Waals surface area contributed by atoms with Crippen LogP contribution in [0.2, 0.25) is 0 Å². The zero-order valence-electron chi connectivity index (χ0n) is 46.8. The van der Waals surface area contributed by atoms with Crippen molar-refractivity contribution >= 4 is 70.4 Å². The smallest absolute Gasteiger partial charge is 0.407 e. The number of likely N-dealkylation sites (tertiary alicyclic amines) is 1. The monoisotopic (exact) mass is 1170 g/mol. The number of nitrogens with one attached hydrogen (secondary N) is 4. The van der Waals surface area contributed by atoms with Crippen LogP contribution in [-0.4, -0.2) is 128 Å². The summed E-state index contributed by atoms with van der Waals surface area (Å²) in [6.45, 7) is 2.02. The first-order valence-corrected chi connectivity index (χ1v) is 27.9. The van der Waals surface area contributed by atoms with Crippen molar-refractivity contribution < 1.29 is 57.5 Å². The second-order valence-corrected chi connectivity index (χ2v) is 20.7. The van der Waals surface area contributed by atoms with Crippen molar-refractivity contribution in [3.8, 4) is 22.3 Å². The van der Waals surface area contributed by atoms with Crippen LogP contribution >= 0.6 is 0 Å². The van der Waals surface area contributed by atoms with Crippen LogP contribution < -0.4 is 37.6 Å². The Morgan fingerprint density at radius 1 is 0.593 bits per heavy atom. The molecule has 1 aliphatic heterocycles. The van der Waals surface area contributed by atoms with E-state index in [-0.39, 0.29) is 63.3 Å². The predicted molar refractivity (Wildman–Crippen MR) is 314 cm³/mol. The molecule has 0 unspecified atom stereocenters. The topological polar surface area (TPSA) is 339 Å². The van der Waals surface area contributed by atoms with Crippen molar-refractivity contribution in [1.82, 2.24) is 26.2 Å². The molecular weight excluding hydrogens is 1110 g/mol. The van der Waals surface area contributed by atoms with E-state index in [9.17, 15) is 48.5 Å². The molecule has 1 saturated heterocycles. The second-order valence-electron chi connectivity index (χ2n) is 20.7. The first-order chi connectivity index (χ1) is 41.5. The maximum absolute atomic E-state index is 14.2. The number of azo groups is 1. The lowest BCUT2D eigenvalue weighted by Crippen LogP contribution is -2.58. The number of alkyl carbamates (subject to hydrolysis) is 2. The van der Waals surface area contributed by atoms with Crippen molar-refractivity contribution in [3.63, 3.8) is 0 Å². The average molecular weight is 1170 g/mol. The Balaban J connectivity index is 0.829. The van der Waals surface area contributed by atoms with Gasteiger partial charge in [-0.3, -0.25) is 38.9 Å². The van der Waals surface area contributed by atoms with Crippen LogP contribution in [0, 0.1) is 10.1 Å². The number of nitro benzene ring substituents is 1. The Bertz CT molecular complexity index is 3320. The number of primary amides is 2. The summed E-state index contributed by atoms with van der Waals surface area (Å²) in [5.74, 6) is -5.63. The van der Waals surface area contributed by atoms with E-state index in [1.807, 2.05) is 121 Å². The van der Waals surface area contributed by atoms with Gasteiger partial charge in [0.2, 0.25) is 29.5 Å². The molecule has 2 aliphatic carbocycles. The summed E-state index contributed by atoms with van der Waals surface area (Å²) in [5.41, 5.74) is 20.6. The molecule has 0 spiro atoms. The summed E-state index contributed by atoms with van der Waals surface area (Å²) in [7, 11) is 0. The maximum atomic E-state index is 14.2. The van der Waals surface area contributed by atoms with Gasteiger partial charge in [0.05, 0.1) is 54.2 Å². The van der Waals surface area contributed by atoms with Gasteiger partial charge >= 0.3 is 18.2 Å². The molecule has 444 valence electrons. The van der Waals surface area contributed by atoms with E-state index in [1.165, 1.54) is 29.2 Å². The van der Waals surface area contributed by atoms with Crippen LogP contribution in [0.15, 0.2) is 156 Å². The number of fused-ring (bicyclic) bond motifs is 6. The van der Waals surface area contributed by atoms with Crippen LogP contribution in [0.4, 0.5) is 32.3 Å². The minimum absolute atomic E-state index is 0.0263. The first kappa shape index (κ1) is 60.1. The van der Waals surface area contributed by atoms with Gasteiger partial charge in [-0.25, -0.2) is 9.59 Å². The molecule has 4 atom stereocenters. The van der Waals surface area contributed by atoms with Crippen LogP contribution in [0.5, 0.6) is 0 Å². The lowest BCUT2D eigenvalue weighted by molar-refractivity contribution is -0.384. The molecule has 0 bridgehead atoms. The van der Waals surface area contributed by atoms with Gasteiger partial charge in [-0.1, -0.05) is 97.1 Å². The normalized spacial score (nSPS) is 15.4. The number of non-ortho nitro benzene ring substituents is 1. The van der Waals surface area contributed by atoms with E-state index in [1.54, 1.807) is 12.1 Å². The van der Waals surface area contributed by atoms with Gasteiger partial charge in [-0.2, -0.15) is 10.2 Å². The molecule has 0 aromatic heterocycles. The van der Waals surface area contributed by atoms with Crippen molar-refractivity contribution in [1.29, 1.82) is 0 Å². The number of ether oxygens (including phenoxy) is 3. The number of likely N-dealkylation sites (N-methyl/N-ethyl adjacent to an activating group) is 1. The van der Waals surface area contributed by atoms with Gasteiger partial charge < -0.3 is 56.7 Å². The van der Waals surface area contributed by atoms with Crippen LogP contribution in [-0.2, 0) is 43.0 Å². The highest BCUT2D eigenvalue weighted by Crippen LogP contribution is 2.46. The molecule has 7 amide bonds. The molecular formula is C62H63N11O13. The first-order valence-electron chi connectivity index (χ1n) is 27.9. The second kappa shape index (κ2) is 27.7. The predicted octanol–water partition coefficient (Wildman–Crippen LogP) is 6.54. The van der Waals surface area contributed by atoms with Crippen molar-refractivity contribution in [3.05, 3.63) is 178 Å². The number of carbonyl (C=O) groups is 8. The van der Waals surface area contributed by atoms with Crippen LogP contribution in [0.25, 0.3) is 22.3 Å². The van der Waals surface area contributed by atoms with Crippen LogP contribution in [0.3, 0.4) is 0 Å². The lowest BCUT2D eigenvalue weighted by atomic mass is 9.98. The summed E-state index contributed by atoms with van der Waals surface area (Å²) in [4.78, 5) is 121. The lowest BCUT2D eigenvalue weighted by Gasteiger charge is -2.26. The molecule has 3 aliphatic rings. The number of hydrogen-bond acceptors (Lipinski definition) is 16. The minimum atomic E-state index is -1.59. The number of nitrogens with zero attached hydrogens (tertiary/aromatic N) is 5. The molecule has 24 heteroatoms. The number of benzene rings is 6. The van der Waals surface area contributed by atoms with Gasteiger partial charge in [0.25, 0.3) is 5.69 Å². The fourth-order valence-corrected chi connectivity index (χ4v) is 10.9. The number of nitrogens with two attached hydrogens (primary N) is 2. The van der Waals surface area contributed by atoms with E-state index in [2.05, 4.69) is 31.5 Å². The van der Waals surface area contributed by atoms with E-state index in [0.717, 1.165) is 50.2 Å². The number of esters is 1. The average Bonchev–Trinajstić information content (AvgIpc) is 1.77. The van der Waals surface area contributed by atoms with Crippen molar-refractivity contribution in [2.24, 2.45) is 21.7 Å². The maximum Gasteiger partial charge on any atom is 0.407 e. The number of anilines is 1. The minimum Gasteiger partial charge on any atom is -0.464 e. The summed E-state index contributed by atoms with van der Waals surface area (Å²) < 4.78 is 16.9. The molecule has 8 N–H and O–H groups in total. The number of hydrogen-bond donors (Lipinski definition) is 6. The van der Waals surface area contributed by atoms with Crippen LogP contribution in [0.1, 0.15) is 66.7 Å². The van der Waals surface area contributed by atoms with Gasteiger partial charge in [0.15, 0.2) is 0 Å². The summed E-state index contributed by atoms with van der Waals surface area (Å²) in [6.07, 6.45) is -4.06. The van der Waals surface area contributed by atoms with Gasteiger partial charge in [0, 0.05) is 55.7 Å². The van der Waals surface area contributed by atoms with Gasteiger partial charge in [0.1, 0.15) is 31.9 Å². The summed E-state index contributed by atoms with van der Waals surface area (Å²) >= 11 is 0. The third kappa shape index (κ3) is 14.8. The fourth-order valence-electron chi connectivity index (χ4n) is 10.9. The zero-order valence-corrected chi connectivity index (χ0v) is 46.8. The SMILES string of the molecule is CCN(CCOC(=O)CCC(=O)N1C[C@@H](NC(=O)[C@H](CC(N)=O)NC(=O)OCC2c3ccccc3-c3ccccc32)[C@H](NC(=O)[C@H](CC(N)=O)NC(=O)OCC2c3ccccc3-c3ccccc32)C1)c1ccc(N=Nc2ccc([N+](=O)[O-])cc2)cc1. The Kier molecular flexibility index (Phi) is 19.4. The third-order valence-electron chi connectivity index (χ3n) is 15.1. The molecule has 9 rings (SSSR count). The molecule has 1 fully saturated rings. The molecule has 1 heterocycles. The molecule has 6 aromatic rings. The zero-order chi connectivity index (χ0) is 60.9. The molecule has 86 heavy (non-hydrogen) atoms. The van der Waals surface area contributed by atoms with Crippen molar-refractivity contribution in [2.45, 2.75) is 68.6 Å². The van der Waals surface area contributed by atoms with E-state index < -0.39 is 89.6 Å². The molecule has 24 nitrogen and oxygen atoms in total. The van der Waals surface area contributed by atoms with E-state index in [4.69, 9.17) is 25.7 Å². The quantitative estimate of drug-likeness (QED) is 0.0117. The Morgan fingerprint density at radius 3 is 1.40 bits per heavy atom. The molecule has 6 aromatic carbocycles. The standard InChI is InChI=1S/C62H63N11O13/c1-2-71(39-23-19-37(20-24-39)69-70-38-21-25-40(26-22-38)73(82)83)29-30-84-58(77)28-27-57(76)72-33-53(65-59(78)51(31-55(63)74)67-61(80)85-35-49-45-15-7-3-11-41(45)42-12-4-8-16-46(42)49)54(34-72)66-60(79)52(32-56(64)75)68-62(81)86-36-50-47-17-9-5-13-43(47)44-14-6-10-18-48(44)50/h3-26,49-54H,2,27-36H2,1H3,(H2,63,74)(H2,64,75)(H,65,78)(H,66,79)(H,67,80)(H,68,81)/t51-,52-,53+,54+/m0/s1. The third-order valence-corrected chi connectivity index (χ3v) is 15.1. The fraction of sp³-hybridized carbons (Fsp3) is 0.290. The largest absolute Gasteiger partial charge is 0.464 e. The number of amides is 7. The van der Waals surface area contributed by atoms with E-state index in [0.29, 0.717) is 24.5 Å². The number of rotatable bonds is 25. The van der Waals surface area contributed by atoms with Gasteiger partial charge in [-0.05, 0) is 87.8 Å². The Hall–Kier alpha value is -10.5. The molecule has 0 saturated carbocycles. The number of carbonyl (C=O) groups excluding carboxylic acids is 8. The highest BCUT2D eigenvalue weighted by Gasteiger charge is 2.41. The molecule has 0 radical (unpaired) electrons. The van der Waals surface area contributed by atoms with Crippen molar-refractivity contribution in [2.75, 3.05) is 50.9 Å². The summed E-state index contributed by atoms with van der Waals surface area (Å²) in [6, 6.07) is 38.1. The Morgan fingerprint density at radius 2 is 1.00 bits per heavy atom. The highest BCUT2D eigenvalue weighted by atomic mass is 16.6. The van der Waals surface area contributed by atoms with Gasteiger partial charge in [-0.15, -0.1) is 0 Å². The highest BCUT2D eigenvalue weighted by molar-refractivity contribution is 5.93. The van der Waals surface area contributed by atoms with E-state index >= 15 is 0 Å². The Labute approximate surface area is 493 Å². The number of nitro groups is 1.